The lowest BCUT2D eigenvalue weighted by Crippen LogP contribution is -2.35. The van der Waals surface area contributed by atoms with Gasteiger partial charge in [0, 0.05) is 25.2 Å². The molecule has 0 amide bonds. The van der Waals surface area contributed by atoms with Gasteiger partial charge in [0.15, 0.2) is 0 Å². The molecule has 1 fully saturated rings. The Morgan fingerprint density at radius 2 is 1.90 bits per heavy atom. The summed E-state index contributed by atoms with van der Waals surface area (Å²) in [5.74, 6) is 0. The van der Waals surface area contributed by atoms with Crippen molar-refractivity contribution in [3.8, 4) is 11.3 Å². The van der Waals surface area contributed by atoms with Crippen molar-refractivity contribution in [3.05, 3.63) is 42.1 Å². The van der Waals surface area contributed by atoms with Crippen molar-refractivity contribution in [1.82, 2.24) is 20.4 Å². The number of nitrogens with zero attached hydrogens (tertiary/aromatic N) is 2. The van der Waals surface area contributed by atoms with Crippen molar-refractivity contribution >= 4 is 0 Å². The average molecular weight is 284 g/mol. The summed E-state index contributed by atoms with van der Waals surface area (Å²) in [7, 11) is 0. The van der Waals surface area contributed by atoms with Crippen molar-refractivity contribution in [2.45, 2.75) is 25.8 Å². The molecule has 0 atom stereocenters. The van der Waals surface area contributed by atoms with Crippen LogP contribution < -0.4 is 5.32 Å². The van der Waals surface area contributed by atoms with E-state index in [1.54, 1.807) is 0 Å². The van der Waals surface area contributed by atoms with E-state index in [2.05, 4.69) is 44.7 Å². The monoisotopic (exact) mass is 284 g/mol. The van der Waals surface area contributed by atoms with E-state index in [1.165, 1.54) is 43.5 Å². The fourth-order valence-electron chi connectivity index (χ4n) is 2.94. The van der Waals surface area contributed by atoms with Gasteiger partial charge in [0.2, 0.25) is 0 Å². The van der Waals surface area contributed by atoms with E-state index in [1.807, 2.05) is 12.3 Å². The molecule has 0 bridgehead atoms. The molecular formula is C17H24N4. The van der Waals surface area contributed by atoms with Crippen LogP contribution in [0.4, 0.5) is 0 Å². The summed E-state index contributed by atoms with van der Waals surface area (Å²) >= 11 is 0. The van der Waals surface area contributed by atoms with Crippen molar-refractivity contribution in [2.75, 3.05) is 26.2 Å². The zero-order chi connectivity index (χ0) is 14.3. The number of H-pyrrole nitrogens is 1. The summed E-state index contributed by atoms with van der Waals surface area (Å²) in [5, 5.41) is 10.8. The normalized spacial score (nSPS) is 16.2. The number of benzene rings is 1. The standard InChI is InChI=1S/C17H24N4/c1-3-7-15(8-4-1)17-16(14-19-20-17)13-18-9-12-21-10-5-2-6-11-21/h1,3-4,7-8,14,18H,2,5-6,9-13H2,(H,19,20). The zero-order valence-corrected chi connectivity index (χ0v) is 12.5. The molecule has 0 aliphatic carbocycles. The molecule has 0 unspecified atom stereocenters. The van der Waals surface area contributed by atoms with Crippen molar-refractivity contribution in [1.29, 1.82) is 0 Å². The van der Waals surface area contributed by atoms with E-state index in [4.69, 9.17) is 0 Å². The number of piperidine rings is 1. The molecule has 2 aromatic rings. The number of aromatic amines is 1. The number of rotatable bonds is 6. The van der Waals surface area contributed by atoms with Gasteiger partial charge < -0.3 is 10.2 Å². The van der Waals surface area contributed by atoms with Crippen LogP contribution in [-0.4, -0.2) is 41.3 Å². The second-order valence-electron chi connectivity index (χ2n) is 5.72. The Balaban J connectivity index is 1.49. The lowest BCUT2D eigenvalue weighted by Gasteiger charge is -2.26. The fraction of sp³-hybridized carbons (Fsp3) is 0.471. The van der Waals surface area contributed by atoms with Gasteiger partial charge in [-0.2, -0.15) is 5.10 Å². The van der Waals surface area contributed by atoms with Crippen molar-refractivity contribution < 1.29 is 0 Å². The van der Waals surface area contributed by atoms with Crippen LogP contribution in [0.1, 0.15) is 24.8 Å². The molecule has 1 saturated heterocycles. The summed E-state index contributed by atoms with van der Waals surface area (Å²) in [5.41, 5.74) is 3.56. The maximum atomic E-state index is 4.19. The van der Waals surface area contributed by atoms with Gasteiger partial charge in [-0.1, -0.05) is 36.8 Å². The first-order valence-electron chi connectivity index (χ1n) is 7.94. The molecule has 4 nitrogen and oxygen atoms in total. The molecule has 4 heteroatoms. The molecule has 0 spiro atoms. The third kappa shape index (κ3) is 3.93. The second-order valence-corrected chi connectivity index (χ2v) is 5.72. The minimum absolute atomic E-state index is 0.870. The first-order valence-corrected chi connectivity index (χ1v) is 7.94. The molecule has 1 aliphatic rings. The molecule has 1 aliphatic heterocycles. The third-order valence-corrected chi connectivity index (χ3v) is 4.15. The lowest BCUT2D eigenvalue weighted by molar-refractivity contribution is 0.229. The van der Waals surface area contributed by atoms with Crippen LogP contribution in [0.25, 0.3) is 11.3 Å². The Labute approximate surface area is 126 Å². The van der Waals surface area contributed by atoms with Gasteiger partial charge in [-0.25, -0.2) is 0 Å². The van der Waals surface area contributed by atoms with E-state index in [0.29, 0.717) is 0 Å². The molecule has 3 rings (SSSR count). The maximum absolute atomic E-state index is 4.19. The van der Waals surface area contributed by atoms with E-state index < -0.39 is 0 Å². The highest BCUT2D eigenvalue weighted by Gasteiger charge is 2.10. The molecule has 21 heavy (non-hydrogen) atoms. The molecule has 1 aromatic heterocycles. The fourth-order valence-corrected chi connectivity index (χ4v) is 2.94. The molecule has 2 N–H and O–H groups in total. The smallest absolute Gasteiger partial charge is 0.0695 e. The topological polar surface area (TPSA) is 44.0 Å². The first kappa shape index (κ1) is 14.3. The SMILES string of the molecule is c1ccc(-c2[nH]ncc2CNCCN2CCCCC2)cc1. The molecule has 0 saturated carbocycles. The second kappa shape index (κ2) is 7.38. The Morgan fingerprint density at radius 3 is 2.71 bits per heavy atom. The Hall–Kier alpha value is -1.65. The zero-order valence-electron chi connectivity index (χ0n) is 12.5. The third-order valence-electron chi connectivity index (χ3n) is 4.15. The Bertz CT molecular complexity index is 529. The highest BCUT2D eigenvalue weighted by Crippen LogP contribution is 2.20. The van der Waals surface area contributed by atoms with Gasteiger partial charge in [-0.05, 0) is 31.5 Å². The van der Waals surface area contributed by atoms with Crippen LogP contribution in [-0.2, 0) is 6.54 Å². The lowest BCUT2D eigenvalue weighted by atomic mass is 10.1. The summed E-state index contributed by atoms with van der Waals surface area (Å²) in [6, 6.07) is 10.4. The first-order chi connectivity index (χ1) is 10.4. The van der Waals surface area contributed by atoms with Crippen LogP contribution in [0.2, 0.25) is 0 Å². The quantitative estimate of drug-likeness (QED) is 0.802. The molecule has 2 heterocycles. The highest BCUT2D eigenvalue weighted by molar-refractivity contribution is 5.62. The van der Waals surface area contributed by atoms with Crippen molar-refractivity contribution in [3.63, 3.8) is 0 Å². The summed E-state index contributed by atoms with van der Waals surface area (Å²) in [6.07, 6.45) is 6.05. The van der Waals surface area contributed by atoms with Gasteiger partial charge in [0.05, 0.1) is 11.9 Å². The van der Waals surface area contributed by atoms with Gasteiger partial charge in [0.1, 0.15) is 0 Å². The average Bonchev–Trinajstić information content (AvgIpc) is 3.02. The maximum Gasteiger partial charge on any atom is 0.0695 e. The van der Waals surface area contributed by atoms with Gasteiger partial charge in [-0.3, -0.25) is 5.10 Å². The van der Waals surface area contributed by atoms with E-state index in [-0.39, 0.29) is 0 Å². The van der Waals surface area contributed by atoms with E-state index >= 15 is 0 Å². The van der Waals surface area contributed by atoms with Crippen LogP contribution in [0.5, 0.6) is 0 Å². The predicted molar refractivity (Wildman–Crippen MR) is 86.0 cm³/mol. The number of hydrogen-bond acceptors (Lipinski definition) is 3. The van der Waals surface area contributed by atoms with Crippen LogP contribution in [0.3, 0.4) is 0 Å². The summed E-state index contributed by atoms with van der Waals surface area (Å²) < 4.78 is 0. The Morgan fingerprint density at radius 1 is 1.10 bits per heavy atom. The minimum Gasteiger partial charge on any atom is -0.311 e. The van der Waals surface area contributed by atoms with E-state index in [0.717, 1.165) is 25.3 Å². The number of aromatic nitrogens is 2. The van der Waals surface area contributed by atoms with Crippen LogP contribution in [0, 0.1) is 0 Å². The predicted octanol–water partition coefficient (Wildman–Crippen LogP) is 2.65. The van der Waals surface area contributed by atoms with Crippen molar-refractivity contribution in [2.24, 2.45) is 0 Å². The van der Waals surface area contributed by atoms with Crippen LogP contribution in [0.15, 0.2) is 36.5 Å². The summed E-state index contributed by atoms with van der Waals surface area (Å²) in [6.45, 7) is 5.60. The number of hydrogen-bond donors (Lipinski definition) is 2. The number of likely N-dealkylation sites (tertiary alicyclic amines) is 1. The largest absolute Gasteiger partial charge is 0.311 e. The highest BCUT2D eigenvalue weighted by atomic mass is 15.1. The molecule has 1 aromatic carbocycles. The van der Waals surface area contributed by atoms with Gasteiger partial charge >= 0.3 is 0 Å². The molecule has 112 valence electrons. The summed E-state index contributed by atoms with van der Waals surface area (Å²) in [4.78, 5) is 2.56. The van der Waals surface area contributed by atoms with Crippen LogP contribution >= 0.6 is 0 Å². The van der Waals surface area contributed by atoms with E-state index in [9.17, 15) is 0 Å². The molecule has 0 radical (unpaired) electrons. The Kier molecular flexibility index (Phi) is 5.03. The molecular weight excluding hydrogens is 260 g/mol. The van der Waals surface area contributed by atoms with Gasteiger partial charge in [0.25, 0.3) is 0 Å². The van der Waals surface area contributed by atoms with Gasteiger partial charge in [-0.15, -0.1) is 0 Å². The minimum atomic E-state index is 0.870. The number of nitrogens with one attached hydrogen (secondary N) is 2.